The number of nitrogens with zero attached hydrogens (tertiary/aromatic N) is 3. The molecule has 0 spiro atoms. The number of carbonyl (C=O) groups is 2. The van der Waals surface area contributed by atoms with Crippen LogP contribution in [0.4, 0.5) is 0 Å². The molecule has 21 heavy (non-hydrogen) atoms. The molecule has 1 atom stereocenters. The zero-order chi connectivity index (χ0) is 15.0. The van der Waals surface area contributed by atoms with Crippen molar-refractivity contribution in [2.45, 2.75) is 58.2 Å². The minimum absolute atomic E-state index is 0.0152. The summed E-state index contributed by atoms with van der Waals surface area (Å²) < 4.78 is 1.98. The second kappa shape index (κ2) is 5.60. The fraction of sp³-hybridized carbons (Fsp3) is 0.667. The smallest absolute Gasteiger partial charge is 0.247 e. The number of hydrogen-bond donors (Lipinski definition) is 1. The summed E-state index contributed by atoms with van der Waals surface area (Å²) in [6.45, 7) is 5.57. The van der Waals surface area contributed by atoms with Gasteiger partial charge in [-0.05, 0) is 45.7 Å². The molecule has 1 saturated carbocycles. The highest BCUT2D eigenvalue weighted by Crippen LogP contribution is 2.31. The van der Waals surface area contributed by atoms with Crippen LogP contribution >= 0.6 is 0 Å². The van der Waals surface area contributed by atoms with E-state index in [1.54, 1.807) is 0 Å². The van der Waals surface area contributed by atoms with Crippen molar-refractivity contribution in [2.24, 2.45) is 0 Å². The predicted molar refractivity (Wildman–Crippen MR) is 77.6 cm³/mol. The van der Waals surface area contributed by atoms with Gasteiger partial charge in [-0.3, -0.25) is 19.2 Å². The number of nitrogens with one attached hydrogen (secondary N) is 1. The third-order valence-electron chi connectivity index (χ3n) is 4.14. The minimum Gasteiger partial charge on any atom is -0.305 e. The van der Waals surface area contributed by atoms with Crippen LogP contribution in [0, 0.1) is 13.8 Å². The largest absolute Gasteiger partial charge is 0.305 e. The average Bonchev–Trinajstić information content (AvgIpc) is 3.14. The molecule has 1 N–H and O–H groups in total. The number of imide groups is 1. The number of aromatic nitrogens is 2. The minimum atomic E-state index is -0.321. The fourth-order valence-corrected chi connectivity index (χ4v) is 2.93. The summed E-state index contributed by atoms with van der Waals surface area (Å²) in [5.74, 6) is -0.0489. The maximum atomic E-state index is 12.1. The van der Waals surface area contributed by atoms with Gasteiger partial charge in [0.25, 0.3) is 0 Å². The molecule has 6 nitrogen and oxygen atoms in total. The van der Waals surface area contributed by atoms with Crippen molar-refractivity contribution in [2.75, 3.05) is 6.54 Å². The molecule has 1 aromatic rings. The Labute approximate surface area is 124 Å². The Kier molecular flexibility index (Phi) is 3.80. The highest BCUT2D eigenvalue weighted by molar-refractivity contribution is 6.06. The molecule has 1 aliphatic carbocycles. The van der Waals surface area contributed by atoms with E-state index in [0.29, 0.717) is 6.42 Å². The Morgan fingerprint density at radius 3 is 2.71 bits per heavy atom. The molecule has 2 fully saturated rings. The Bertz CT molecular complexity index is 562. The number of hydrogen-bond acceptors (Lipinski definition) is 4. The van der Waals surface area contributed by atoms with Crippen molar-refractivity contribution in [3.63, 3.8) is 0 Å². The van der Waals surface area contributed by atoms with Crippen LogP contribution in [0.2, 0.25) is 0 Å². The van der Waals surface area contributed by atoms with Crippen molar-refractivity contribution < 1.29 is 9.59 Å². The molecule has 2 aliphatic rings. The van der Waals surface area contributed by atoms with Crippen LogP contribution < -0.4 is 5.32 Å². The van der Waals surface area contributed by atoms with Crippen molar-refractivity contribution in [1.29, 1.82) is 0 Å². The maximum Gasteiger partial charge on any atom is 0.247 e. The number of rotatable bonds is 6. The number of likely N-dealkylation sites (tertiary alicyclic amines) is 1. The first kappa shape index (κ1) is 14.3. The number of amides is 2. The second-order valence-electron chi connectivity index (χ2n) is 6.05. The van der Waals surface area contributed by atoms with Gasteiger partial charge in [0.05, 0.1) is 18.2 Å². The molecule has 0 bridgehead atoms. The van der Waals surface area contributed by atoms with Gasteiger partial charge < -0.3 is 5.32 Å². The van der Waals surface area contributed by atoms with Crippen LogP contribution in [-0.2, 0) is 16.1 Å². The molecule has 6 heteroatoms. The zero-order valence-electron chi connectivity index (χ0n) is 12.6. The molecule has 1 aromatic heterocycles. The molecular weight excluding hydrogens is 268 g/mol. The standard InChI is InChI=1S/C15H22N4O2/c1-10-8-11(2)18(17-10)7-3-6-16-13-9-14(20)19(15(13)21)12-4-5-12/h8,12-13,16H,3-7,9H2,1-2H3. The van der Waals surface area contributed by atoms with Gasteiger partial charge >= 0.3 is 0 Å². The Morgan fingerprint density at radius 2 is 2.10 bits per heavy atom. The van der Waals surface area contributed by atoms with E-state index in [-0.39, 0.29) is 23.9 Å². The van der Waals surface area contributed by atoms with Crippen LogP contribution in [0.3, 0.4) is 0 Å². The summed E-state index contributed by atoms with van der Waals surface area (Å²) >= 11 is 0. The molecule has 1 aliphatic heterocycles. The molecule has 2 heterocycles. The zero-order valence-corrected chi connectivity index (χ0v) is 12.6. The van der Waals surface area contributed by atoms with E-state index in [1.165, 1.54) is 4.90 Å². The van der Waals surface area contributed by atoms with Gasteiger partial charge in [0, 0.05) is 18.3 Å². The second-order valence-corrected chi connectivity index (χ2v) is 6.05. The van der Waals surface area contributed by atoms with Gasteiger partial charge in [-0.2, -0.15) is 5.10 Å². The molecular formula is C15H22N4O2. The first-order valence-electron chi connectivity index (χ1n) is 7.66. The highest BCUT2D eigenvalue weighted by atomic mass is 16.2. The quantitative estimate of drug-likeness (QED) is 0.621. The molecule has 1 unspecified atom stereocenters. The van der Waals surface area contributed by atoms with Gasteiger partial charge in [-0.25, -0.2) is 0 Å². The third kappa shape index (κ3) is 3.00. The molecule has 0 radical (unpaired) electrons. The van der Waals surface area contributed by atoms with E-state index in [9.17, 15) is 9.59 Å². The Morgan fingerprint density at radius 1 is 1.33 bits per heavy atom. The lowest BCUT2D eigenvalue weighted by atomic mass is 10.2. The fourth-order valence-electron chi connectivity index (χ4n) is 2.93. The van der Waals surface area contributed by atoms with Crippen molar-refractivity contribution in [1.82, 2.24) is 20.0 Å². The summed E-state index contributed by atoms with van der Waals surface area (Å²) in [5, 5.41) is 7.63. The van der Waals surface area contributed by atoms with Gasteiger partial charge in [0.15, 0.2) is 0 Å². The van der Waals surface area contributed by atoms with Gasteiger partial charge in [-0.15, -0.1) is 0 Å². The number of aryl methyl sites for hydroxylation is 3. The summed E-state index contributed by atoms with van der Waals surface area (Å²) in [4.78, 5) is 25.4. The summed E-state index contributed by atoms with van der Waals surface area (Å²) in [6, 6.07) is 1.92. The van der Waals surface area contributed by atoms with E-state index in [2.05, 4.69) is 16.5 Å². The van der Waals surface area contributed by atoms with Crippen LogP contribution in [-0.4, -0.2) is 45.1 Å². The number of carbonyl (C=O) groups excluding carboxylic acids is 2. The van der Waals surface area contributed by atoms with Crippen LogP contribution in [0.5, 0.6) is 0 Å². The first-order valence-corrected chi connectivity index (χ1v) is 7.66. The van der Waals surface area contributed by atoms with Crippen molar-refractivity contribution >= 4 is 11.8 Å². The van der Waals surface area contributed by atoms with E-state index < -0.39 is 0 Å². The van der Waals surface area contributed by atoms with Crippen LogP contribution in [0.25, 0.3) is 0 Å². The molecule has 3 rings (SSSR count). The van der Waals surface area contributed by atoms with Crippen molar-refractivity contribution in [3.8, 4) is 0 Å². The van der Waals surface area contributed by atoms with E-state index in [0.717, 1.165) is 43.7 Å². The Hall–Kier alpha value is -1.69. The molecule has 114 valence electrons. The van der Waals surface area contributed by atoms with Crippen molar-refractivity contribution in [3.05, 3.63) is 17.5 Å². The average molecular weight is 290 g/mol. The van der Waals surface area contributed by atoms with Gasteiger partial charge in [0.2, 0.25) is 11.8 Å². The maximum absolute atomic E-state index is 12.1. The highest BCUT2D eigenvalue weighted by Gasteiger charge is 2.45. The van der Waals surface area contributed by atoms with Gasteiger partial charge in [-0.1, -0.05) is 0 Å². The molecule has 2 amide bonds. The topological polar surface area (TPSA) is 67.2 Å². The lowest BCUT2D eigenvalue weighted by molar-refractivity contribution is -0.139. The molecule has 1 saturated heterocycles. The summed E-state index contributed by atoms with van der Waals surface area (Å²) in [5.41, 5.74) is 2.18. The summed E-state index contributed by atoms with van der Waals surface area (Å²) in [6.07, 6.45) is 3.16. The van der Waals surface area contributed by atoms with Crippen LogP contribution in [0.15, 0.2) is 6.07 Å². The van der Waals surface area contributed by atoms with E-state index in [1.807, 2.05) is 18.5 Å². The SMILES string of the molecule is Cc1cc(C)n(CCCNC2CC(=O)N(C3CC3)C2=O)n1. The lowest BCUT2D eigenvalue weighted by Crippen LogP contribution is -2.40. The monoisotopic (exact) mass is 290 g/mol. The normalized spacial score (nSPS) is 22.4. The van der Waals surface area contributed by atoms with E-state index >= 15 is 0 Å². The predicted octanol–water partition coefficient (Wildman–Crippen LogP) is 0.770. The summed E-state index contributed by atoms with van der Waals surface area (Å²) in [7, 11) is 0. The van der Waals surface area contributed by atoms with Gasteiger partial charge in [0.1, 0.15) is 0 Å². The Balaban J connectivity index is 1.44. The molecule has 0 aromatic carbocycles. The lowest BCUT2D eigenvalue weighted by Gasteiger charge is -2.14. The first-order chi connectivity index (χ1) is 10.1. The van der Waals surface area contributed by atoms with Crippen LogP contribution in [0.1, 0.15) is 37.1 Å². The van der Waals surface area contributed by atoms with E-state index in [4.69, 9.17) is 0 Å². The third-order valence-corrected chi connectivity index (χ3v) is 4.14.